The molecule has 0 radical (unpaired) electrons. The normalized spacial score (nSPS) is 29.3. The second-order valence-electron chi connectivity index (χ2n) is 6.28. The van der Waals surface area contributed by atoms with Crippen molar-refractivity contribution in [3.05, 3.63) is 0 Å². The molecule has 1 unspecified atom stereocenters. The summed E-state index contributed by atoms with van der Waals surface area (Å²) in [6.07, 6.45) is 5.98. The molecule has 2 fully saturated rings. The zero-order chi connectivity index (χ0) is 13.2. The second-order valence-corrected chi connectivity index (χ2v) is 6.28. The Morgan fingerprint density at radius 2 is 2.00 bits per heavy atom. The van der Waals surface area contributed by atoms with E-state index in [9.17, 15) is 5.11 Å². The molecule has 2 aliphatic rings. The number of aliphatic hydroxyl groups is 1. The van der Waals surface area contributed by atoms with Gasteiger partial charge in [-0.05, 0) is 26.7 Å². The fraction of sp³-hybridized carbons (Fsp3) is 0.929. The van der Waals surface area contributed by atoms with Crippen LogP contribution in [0.15, 0.2) is 0 Å². The molecule has 2 N–H and O–H groups in total. The van der Waals surface area contributed by atoms with Gasteiger partial charge in [-0.25, -0.2) is 0 Å². The minimum absolute atomic E-state index is 0.0396. The molecule has 0 aromatic carbocycles. The van der Waals surface area contributed by atoms with Crippen molar-refractivity contribution >= 4 is 5.84 Å². The molecule has 1 aliphatic heterocycles. The molecule has 1 heterocycles. The zero-order valence-electron chi connectivity index (χ0n) is 11.6. The first-order chi connectivity index (χ1) is 8.52. The van der Waals surface area contributed by atoms with Gasteiger partial charge < -0.3 is 14.7 Å². The number of ether oxygens (including phenoxy) is 1. The predicted molar refractivity (Wildman–Crippen MR) is 71.9 cm³/mol. The van der Waals surface area contributed by atoms with Gasteiger partial charge in [-0.15, -0.1) is 0 Å². The molecule has 18 heavy (non-hydrogen) atoms. The first-order valence-corrected chi connectivity index (χ1v) is 7.14. The monoisotopic (exact) mass is 254 g/mol. The lowest BCUT2D eigenvalue weighted by Crippen LogP contribution is -2.56. The highest BCUT2D eigenvalue weighted by Crippen LogP contribution is 2.28. The number of hydrogen-bond donors (Lipinski definition) is 2. The lowest BCUT2D eigenvalue weighted by atomic mass is 9.87. The van der Waals surface area contributed by atoms with E-state index >= 15 is 0 Å². The average Bonchev–Trinajstić information content (AvgIpc) is 2.37. The van der Waals surface area contributed by atoms with E-state index in [2.05, 4.69) is 4.90 Å². The summed E-state index contributed by atoms with van der Waals surface area (Å²) in [6.45, 7) is 5.54. The van der Waals surface area contributed by atoms with Crippen LogP contribution in [0, 0.1) is 11.3 Å². The molecule has 0 amide bonds. The van der Waals surface area contributed by atoms with Crippen molar-refractivity contribution in [2.75, 3.05) is 19.7 Å². The number of hydrogen-bond acceptors (Lipinski definition) is 3. The van der Waals surface area contributed by atoms with Crippen LogP contribution >= 0.6 is 0 Å². The van der Waals surface area contributed by atoms with E-state index in [1.54, 1.807) is 0 Å². The van der Waals surface area contributed by atoms with Gasteiger partial charge >= 0.3 is 0 Å². The standard InChI is InChI=1S/C14H26N2O2/c1-14(2)10-16(8-12(9-17)18-14)13(15)11-6-4-3-5-7-11/h11-12,15,17H,3-10H2,1-2H3. The van der Waals surface area contributed by atoms with Crippen molar-refractivity contribution in [1.82, 2.24) is 4.90 Å². The highest BCUT2D eigenvalue weighted by atomic mass is 16.5. The lowest BCUT2D eigenvalue weighted by molar-refractivity contribution is -0.135. The number of morpholine rings is 1. The van der Waals surface area contributed by atoms with Crippen molar-refractivity contribution in [1.29, 1.82) is 5.41 Å². The molecule has 1 saturated heterocycles. The highest BCUT2D eigenvalue weighted by Gasteiger charge is 2.35. The molecule has 1 saturated carbocycles. The minimum atomic E-state index is -0.271. The number of nitrogens with zero attached hydrogens (tertiary/aromatic N) is 1. The Kier molecular flexibility index (Phi) is 4.28. The van der Waals surface area contributed by atoms with E-state index < -0.39 is 0 Å². The summed E-state index contributed by atoms with van der Waals surface area (Å²) >= 11 is 0. The van der Waals surface area contributed by atoms with Crippen LogP contribution in [-0.4, -0.2) is 47.2 Å². The summed E-state index contributed by atoms with van der Waals surface area (Å²) < 4.78 is 5.80. The van der Waals surface area contributed by atoms with Crippen LogP contribution in [0.25, 0.3) is 0 Å². The van der Waals surface area contributed by atoms with Crippen molar-refractivity contribution in [2.24, 2.45) is 5.92 Å². The van der Waals surface area contributed by atoms with E-state index in [-0.39, 0.29) is 18.3 Å². The first kappa shape index (κ1) is 13.8. The molecule has 0 aromatic heterocycles. The Hall–Kier alpha value is -0.610. The van der Waals surface area contributed by atoms with E-state index in [0.29, 0.717) is 12.5 Å². The molecule has 2 rings (SSSR count). The van der Waals surface area contributed by atoms with Crippen LogP contribution in [0.1, 0.15) is 46.0 Å². The van der Waals surface area contributed by atoms with Gasteiger partial charge in [0.15, 0.2) is 0 Å². The van der Waals surface area contributed by atoms with Crippen LogP contribution in [0.3, 0.4) is 0 Å². The van der Waals surface area contributed by atoms with Gasteiger partial charge in [0, 0.05) is 19.0 Å². The number of amidine groups is 1. The van der Waals surface area contributed by atoms with Crippen molar-refractivity contribution < 1.29 is 9.84 Å². The Labute approximate surface area is 110 Å². The smallest absolute Gasteiger partial charge is 0.0991 e. The molecule has 0 spiro atoms. The topological polar surface area (TPSA) is 56.6 Å². The SMILES string of the molecule is CC1(C)CN(C(=N)C2CCCCC2)CC(CO)O1. The van der Waals surface area contributed by atoms with Gasteiger partial charge in [0.1, 0.15) is 0 Å². The molecule has 4 heteroatoms. The number of rotatable bonds is 2. The van der Waals surface area contributed by atoms with E-state index in [4.69, 9.17) is 10.1 Å². The zero-order valence-corrected chi connectivity index (χ0v) is 11.6. The summed E-state index contributed by atoms with van der Waals surface area (Å²) in [6, 6.07) is 0. The Morgan fingerprint density at radius 1 is 1.33 bits per heavy atom. The van der Waals surface area contributed by atoms with E-state index in [1.165, 1.54) is 19.3 Å². The van der Waals surface area contributed by atoms with Gasteiger partial charge in [0.2, 0.25) is 0 Å². The fourth-order valence-corrected chi connectivity index (χ4v) is 3.21. The second kappa shape index (κ2) is 5.57. The average molecular weight is 254 g/mol. The van der Waals surface area contributed by atoms with Crippen LogP contribution in [-0.2, 0) is 4.74 Å². The maximum atomic E-state index is 9.31. The van der Waals surface area contributed by atoms with Crippen molar-refractivity contribution in [2.45, 2.75) is 57.7 Å². The quantitative estimate of drug-likeness (QED) is 0.585. The summed E-state index contributed by atoms with van der Waals surface area (Å²) in [4.78, 5) is 2.13. The third kappa shape index (κ3) is 3.23. The van der Waals surface area contributed by atoms with E-state index in [0.717, 1.165) is 25.2 Å². The maximum absolute atomic E-state index is 9.31. The number of nitrogens with one attached hydrogen (secondary N) is 1. The summed E-state index contributed by atoms with van der Waals surface area (Å²) in [5.41, 5.74) is -0.271. The van der Waals surface area contributed by atoms with Gasteiger partial charge in [0.25, 0.3) is 0 Å². The summed E-state index contributed by atoms with van der Waals surface area (Å²) in [5.74, 6) is 1.19. The summed E-state index contributed by atoms with van der Waals surface area (Å²) in [5, 5.41) is 17.7. The molecule has 104 valence electrons. The molecule has 1 aliphatic carbocycles. The van der Waals surface area contributed by atoms with Gasteiger partial charge in [0.05, 0.1) is 24.1 Å². The van der Waals surface area contributed by atoms with Gasteiger partial charge in [-0.2, -0.15) is 0 Å². The first-order valence-electron chi connectivity index (χ1n) is 7.14. The Balaban J connectivity index is 1.99. The van der Waals surface area contributed by atoms with Gasteiger partial charge in [-0.3, -0.25) is 5.41 Å². The molecule has 0 aromatic rings. The summed E-state index contributed by atoms with van der Waals surface area (Å²) in [7, 11) is 0. The molecule has 1 atom stereocenters. The van der Waals surface area contributed by atoms with Gasteiger partial charge in [-0.1, -0.05) is 19.3 Å². The van der Waals surface area contributed by atoms with Crippen LogP contribution in [0.2, 0.25) is 0 Å². The molecule has 0 bridgehead atoms. The Bertz CT molecular complexity index is 298. The van der Waals surface area contributed by atoms with Crippen molar-refractivity contribution in [3.63, 3.8) is 0 Å². The molecular formula is C14H26N2O2. The number of aliphatic hydroxyl groups excluding tert-OH is 1. The van der Waals surface area contributed by atoms with E-state index in [1.807, 2.05) is 13.8 Å². The lowest BCUT2D eigenvalue weighted by Gasteiger charge is -2.45. The third-order valence-corrected chi connectivity index (χ3v) is 4.02. The largest absolute Gasteiger partial charge is 0.394 e. The van der Waals surface area contributed by atoms with Crippen LogP contribution in [0.4, 0.5) is 0 Å². The van der Waals surface area contributed by atoms with Crippen LogP contribution < -0.4 is 0 Å². The van der Waals surface area contributed by atoms with Crippen LogP contribution in [0.5, 0.6) is 0 Å². The molecular weight excluding hydrogens is 228 g/mol. The Morgan fingerprint density at radius 3 is 2.61 bits per heavy atom. The maximum Gasteiger partial charge on any atom is 0.0991 e. The minimum Gasteiger partial charge on any atom is -0.394 e. The molecule has 4 nitrogen and oxygen atoms in total. The highest BCUT2D eigenvalue weighted by molar-refractivity contribution is 5.82. The predicted octanol–water partition coefficient (Wildman–Crippen LogP) is 2.02. The van der Waals surface area contributed by atoms with Crippen molar-refractivity contribution in [3.8, 4) is 0 Å². The third-order valence-electron chi connectivity index (χ3n) is 4.02. The fourth-order valence-electron chi connectivity index (χ4n) is 3.21.